The van der Waals surface area contributed by atoms with Crippen LogP contribution in [0.4, 0.5) is 0 Å². The van der Waals surface area contributed by atoms with Crippen LogP contribution in [0.3, 0.4) is 0 Å². The van der Waals surface area contributed by atoms with Gasteiger partial charge in [0, 0.05) is 5.02 Å². The molecule has 2 rings (SSSR count). The van der Waals surface area contributed by atoms with Crippen LogP contribution in [0.25, 0.3) is 0 Å². The third-order valence-electron chi connectivity index (χ3n) is 2.31. The van der Waals surface area contributed by atoms with Crippen molar-refractivity contribution in [1.82, 2.24) is 0 Å². The average Bonchev–Trinajstić information content (AvgIpc) is 3.07. The van der Waals surface area contributed by atoms with Gasteiger partial charge in [-0.1, -0.05) is 23.7 Å². The molecule has 1 saturated heterocycles. The maximum Gasteiger partial charge on any atom is 0.377 e. The first-order chi connectivity index (χ1) is 7.63. The lowest BCUT2D eigenvalue weighted by molar-refractivity contribution is -0.152. The quantitative estimate of drug-likeness (QED) is 0.457. The summed E-state index contributed by atoms with van der Waals surface area (Å²) in [7, 11) is 1.16. The number of epoxide rings is 1. The number of ether oxygens (including phenoxy) is 2. The zero-order valence-electron chi connectivity index (χ0n) is 8.48. The Morgan fingerprint density at radius 3 is 2.81 bits per heavy atom. The Kier molecular flexibility index (Phi) is 2.94. The molecule has 1 aliphatic rings. The minimum absolute atomic E-state index is 0.384. The van der Waals surface area contributed by atoms with Crippen molar-refractivity contribution in [3.05, 3.63) is 34.9 Å². The summed E-state index contributed by atoms with van der Waals surface area (Å²) in [5, 5.41) is 0.567. The van der Waals surface area contributed by atoms with E-state index in [-0.39, 0.29) is 6.10 Å². The van der Waals surface area contributed by atoms with Gasteiger partial charge in [0.2, 0.25) is 0 Å². The summed E-state index contributed by atoms with van der Waals surface area (Å²) in [5.74, 6) is -1.54. The molecule has 0 spiro atoms. The van der Waals surface area contributed by atoms with Crippen LogP contribution >= 0.6 is 11.6 Å². The predicted octanol–water partition coefficient (Wildman–Crippen LogP) is 1.52. The van der Waals surface area contributed by atoms with E-state index >= 15 is 0 Å². The molecule has 0 aromatic heterocycles. The number of esters is 1. The molecular weight excluding hydrogens is 232 g/mol. The van der Waals surface area contributed by atoms with E-state index in [1.165, 1.54) is 0 Å². The van der Waals surface area contributed by atoms with Crippen LogP contribution in [0.1, 0.15) is 11.7 Å². The zero-order chi connectivity index (χ0) is 11.7. The van der Waals surface area contributed by atoms with Crippen molar-refractivity contribution >= 4 is 23.4 Å². The Balaban J connectivity index is 2.07. The highest BCUT2D eigenvalue weighted by Gasteiger charge is 2.49. The molecule has 16 heavy (non-hydrogen) atoms. The molecule has 4 nitrogen and oxygen atoms in total. The first kappa shape index (κ1) is 11.1. The first-order valence-corrected chi connectivity index (χ1v) is 5.04. The summed E-state index contributed by atoms with van der Waals surface area (Å²) < 4.78 is 9.46. The molecule has 0 saturated carbocycles. The van der Waals surface area contributed by atoms with Gasteiger partial charge in [-0.2, -0.15) is 0 Å². The summed E-state index contributed by atoms with van der Waals surface area (Å²) in [6.07, 6.45) is -1.11. The lowest BCUT2D eigenvalue weighted by Crippen LogP contribution is -2.21. The van der Waals surface area contributed by atoms with Crippen LogP contribution in [-0.2, 0) is 19.1 Å². The third-order valence-corrected chi connectivity index (χ3v) is 2.55. The lowest BCUT2D eigenvalue weighted by Gasteiger charge is -1.96. The van der Waals surface area contributed by atoms with Crippen molar-refractivity contribution in [3.63, 3.8) is 0 Å². The molecule has 0 aliphatic carbocycles. The highest BCUT2D eigenvalue weighted by molar-refractivity contribution is 6.36. The van der Waals surface area contributed by atoms with Crippen molar-refractivity contribution in [1.29, 1.82) is 0 Å². The van der Waals surface area contributed by atoms with Crippen molar-refractivity contribution in [3.8, 4) is 0 Å². The fourth-order valence-electron chi connectivity index (χ4n) is 1.47. The number of methoxy groups -OCH3 is 1. The number of halogens is 1. The Hall–Kier alpha value is -1.39. The second-order valence-corrected chi connectivity index (χ2v) is 3.82. The van der Waals surface area contributed by atoms with E-state index in [2.05, 4.69) is 4.74 Å². The van der Waals surface area contributed by atoms with Gasteiger partial charge < -0.3 is 9.47 Å². The first-order valence-electron chi connectivity index (χ1n) is 4.66. The van der Waals surface area contributed by atoms with Gasteiger partial charge in [0.1, 0.15) is 6.10 Å². The monoisotopic (exact) mass is 240 g/mol. The normalized spacial score (nSPS) is 22.6. The van der Waals surface area contributed by atoms with Gasteiger partial charge in [0.25, 0.3) is 5.78 Å². The maximum absolute atomic E-state index is 11.4. The maximum atomic E-state index is 11.4. The fraction of sp³-hybridized carbons (Fsp3) is 0.273. The largest absolute Gasteiger partial charge is 0.463 e. The number of ketones is 1. The molecule has 1 heterocycles. The van der Waals surface area contributed by atoms with Crippen LogP contribution in [0, 0.1) is 0 Å². The molecule has 0 radical (unpaired) electrons. The topological polar surface area (TPSA) is 55.9 Å². The second kappa shape index (κ2) is 4.23. The SMILES string of the molecule is COC(=O)C(=O)[C@H]1O[C@@H]1c1cccc(Cl)c1. The molecule has 1 aromatic carbocycles. The number of hydrogen-bond donors (Lipinski definition) is 0. The minimum atomic E-state index is -0.880. The molecule has 0 unspecified atom stereocenters. The van der Waals surface area contributed by atoms with E-state index < -0.39 is 17.9 Å². The zero-order valence-corrected chi connectivity index (χ0v) is 9.23. The van der Waals surface area contributed by atoms with Crippen molar-refractivity contribution < 1.29 is 19.1 Å². The third kappa shape index (κ3) is 2.08. The van der Waals surface area contributed by atoms with Gasteiger partial charge in [0.15, 0.2) is 6.10 Å². The highest BCUT2D eigenvalue weighted by atomic mass is 35.5. The van der Waals surface area contributed by atoms with Crippen LogP contribution in [0.15, 0.2) is 24.3 Å². The van der Waals surface area contributed by atoms with E-state index in [0.29, 0.717) is 5.02 Å². The van der Waals surface area contributed by atoms with Gasteiger partial charge in [-0.15, -0.1) is 0 Å². The van der Waals surface area contributed by atoms with Crippen LogP contribution < -0.4 is 0 Å². The summed E-state index contributed by atoms with van der Waals surface area (Å²) in [6.45, 7) is 0. The van der Waals surface area contributed by atoms with Crippen molar-refractivity contribution in [2.75, 3.05) is 7.11 Å². The highest BCUT2D eigenvalue weighted by Crippen LogP contribution is 2.40. The number of rotatable bonds is 3. The van der Waals surface area contributed by atoms with E-state index in [1.54, 1.807) is 24.3 Å². The molecule has 1 fully saturated rings. The summed E-state index contributed by atoms with van der Waals surface area (Å²) in [4.78, 5) is 22.3. The second-order valence-electron chi connectivity index (χ2n) is 3.39. The molecule has 1 aliphatic heterocycles. The molecule has 5 heteroatoms. The number of Topliss-reactive ketones (excluding diaryl/α,β-unsaturated/α-hetero) is 1. The average molecular weight is 241 g/mol. The van der Waals surface area contributed by atoms with Gasteiger partial charge in [-0.3, -0.25) is 4.79 Å². The molecule has 0 amide bonds. The number of hydrogen-bond acceptors (Lipinski definition) is 4. The van der Waals surface area contributed by atoms with Crippen molar-refractivity contribution in [2.24, 2.45) is 0 Å². The van der Waals surface area contributed by atoms with Gasteiger partial charge in [0.05, 0.1) is 7.11 Å². The molecule has 0 N–H and O–H groups in total. The van der Waals surface area contributed by atoms with Gasteiger partial charge in [-0.05, 0) is 17.7 Å². The Bertz CT molecular complexity index is 443. The van der Waals surface area contributed by atoms with Crippen LogP contribution in [0.2, 0.25) is 5.02 Å². The van der Waals surface area contributed by atoms with Crippen LogP contribution in [0.5, 0.6) is 0 Å². The smallest absolute Gasteiger partial charge is 0.377 e. The molecule has 84 valence electrons. The number of carbonyl (C=O) groups is 2. The lowest BCUT2D eigenvalue weighted by atomic mass is 10.1. The molecule has 0 bridgehead atoms. The Morgan fingerprint density at radius 1 is 1.44 bits per heavy atom. The fourth-order valence-corrected chi connectivity index (χ4v) is 1.66. The number of carbonyl (C=O) groups excluding carboxylic acids is 2. The summed E-state index contributed by atoms with van der Waals surface area (Å²) in [5.41, 5.74) is 0.787. The van der Waals surface area contributed by atoms with Crippen LogP contribution in [-0.4, -0.2) is 25.0 Å². The van der Waals surface area contributed by atoms with E-state index in [9.17, 15) is 9.59 Å². The summed E-state index contributed by atoms with van der Waals surface area (Å²) >= 11 is 5.80. The van der Waals surface area contributed by atoms with E-state index in [1.807, 2.05) is 0 Å². The van der Waals surface area contributed by atoms with Gasteiger partial charge in [-0.25, -0.2) is 4.79 Å². The molecule has 2 atom stereocenters. The minimum Gasteiger partial charge on any atom is -0.463 e. The van der Waals surface area contributed by atoms with Gasteiger partial charge >= 0.3 is 5.97 Å². The molecule has 1 aromatic rings. The van der Waals surface area contributed by atoms with E-state index in [0.717, 1.165) is 12.7 Å². The predicted molar refractivity (Wildman–Crippen MR) is 56.1 cm³/mol. The summed E-state index contributed by atoms with van der Waals surface area (Å²) in [6, 6.07) is 6.99. The number of benzene rings is 1. The van der Waals surface area contributed by atoms with Crippen molar-refractivity contribution in [2.45, 2.75) is 12.2 Å². The Morgan fingerprint density at radius 2 is 2.19 bits per heavy atom. The van der Waals surface area contributed by atoms with E-state index in [4.69, 9.17) is 16.3 Å². The molecular formula is C11H9ClO4. The standard InChI is InChI=1S/C11H9ClO4/c1-15-11(14)8(13)10-9(16-10)6-3-2-4-7(12)5-6/h2-5,9-10H,1H3/t9-,10-/m1/s1. The Labute approximate surface area is 97.1 Å².